The molecule has 3 aromatic rings. The van der Waals surface area contributed by atoms with Gasteiger partial charge in [-0.25, -0.2) is 0 Å². The van der Waals surface area contributed by atoms with Gasteiger partial charge in [-0.15, -0.1) is 0 Å². The summed E-state index contributed by atoms with van der Waals surface area (Å²) in [7, 11) is 0.0550. The molecule has 0 amide bonds. The Labute approximate surface area is 168 Å². The van der Waals surface area contributed by atoms with Crippen LogP contribution in [0.2, 0.25) is 0 Å². The number of halogens is 1. The molecule has 0 aromatic heterocycles. The Hall–Kier alpha value is -1.22. The molecule has 0 aliphatic carbocycles. The summed E-state index contributed by atoms with van der Waals surface area (Å²) in [5.74, 6) is 0. The molecule has 0 spiro atoms. The summed E-state index contributed by atoms with van der Waals surface area (Å²) in [6, 6.07) is 32.8. The molecule has 1 unspecified atom stereocenters. The fourth-order valence-corrected chi connectivity index (χ4v) is 7.76. The van der Waals surface area contributed by atoms with Crippen LogP contribution in [0.25, 0.3) is 0 Å². The van der Waals surface area contributed by atoms with Gasteiger partial charge in [-0.3, -0.25) is 0 Å². The van der Waals surface area contributed by atoms with Crippen molar-refractivity contribution in [2.24, 2.45) is 0 Å². The van der Waals surface area contributed by atoms with Gasteiger partial charge < -0.3 is 28.7 Å². The van der Waals surface area contributed by atoms with Crippen LogP contribution in [0.1, 0.15) is 6.92 Å². The van der Waals surface area contributed by atoms with Crippen LogP contribution in [-0.2, 0) is 4.74 Å². The molecule has 0 heterocycles. The van der Waals surface area contributed by atoms with E-state index in [1.54, 1.807) is 7.11 Å². The van der Waals surface area contributed by atoms with Gasteiger partial charge in [-0.2, -0.15) is 0 Å². The summed E-state index contributed by atoms with van der Waals surface area (Å²) in [4.78, 5) is 0. The van der Waals surface area contributed by atoms with Crippen molar-refractivity contribution in [2.45, 2.75) is 13.0 Å². The molecule has 0 radical (unpaired) electrons. The monoisotopic (exact) mass is 462 g/mol. The average Bonchev–Trinajstić information content (AvgIpc) is 2.68. The molecule has 130 valence electrons. The van der Waals surface area contributed by atoms with Crippen molar-refractivity contribution in [3.05, 3.63) is 91.0 Å². The van der Waals surface area contributed by atoms with Crippen LogP contribution >= 0.6 is 7.26 Å². The average molecular weight is 462 g/mol. The number of methoxy groups -OCH3 is 1. The zero-order valence-corrected chi connectivity index (χ0v) is 17.7. The van der Waals surface area contributed by atoms with Gasteiger partial charge in [0.1, 0.15) is 23.2 Å². The highest BCUT2D eigenvalue weighted by Gasteiger charge is 2.46. The van der Waals surface area contributed by atoms with E-state index in [1.807, 2.05) is 0 Å². The van der Waals surface area contributed by atoms with Gasteiger partial charge in [-0.1, -0.05) is 54.6 Å². The largest absolute Gasteiger partial charge is 1.00 e. The van der Waals surface area contributed by atoms with E-state index in [9.17, 15) is 0 Å². The number of ether oxygens (including phenoxy) is 1. The van der Waals surface area contributed by atoms with Gasteiger partial charge >= 0.3 is 0 Å². The Morgan fingerprint density at radius 3 is 1.28 bits per heavy atom. The third kappa shape index (κ3) is 4.31. The first kappa shape index (κ1) is 20.1. The van der Waals surface area contributed by atoms with Crippen LogP contribution < -0.4 is 39.9 Å². The van der Waals surface area contributed by atoms with Gasteiger partial charge in [-0.05, 0) is 43.3 Å². The van der Waals surface area contributed by atoms with Gasteiger partial charge in [0.25, 0.3) is 0 Å². The minimum atomic E-state index is -1.75. The third-order valence-electron chi connectivity index (χ3n) is 4.52. The predicted molar refractivity (Wildman–Crippen MR) is 106 cm³/mol. The fraction of sp³-hybridized carbons (Fsp3) is 0.182. The Bertz CT molecular complexity index is 650. The van der Waals surface area contributed by atoms with E-state index in [2.05, 4.69) is 97.9 Å². The molecule has 1 atom stereocenters. The van der Waals surface area contributed by atoms with Crippen LogP contribution in [0.15, 0.2) is 91.0 Å². The molecule has 0 saturated carbocycles. The number of rotatable bonds is 6. The summed E-state index contributed by atoms with van der Waals surface area (Å²) < 4.78 is 5.70. The molecule has 25 heavy (non-hydrogen) atoms. The summed E-state index contributed by atoms with van der Waals surface area (Å²) in [6.07, 6.45) is 1.20. The third-order valence-corrected chi connectivity index (χ3v) is 9.13. The summed E-state index contributed by atoms with van der Waals surface area (Å²) in [5, 5.41) is 4.23. The predicted octanol–water partition coefficient (Wildman–Crippen LogP) is 1.02. The lowest BCUT2D eigenvalue weighted by Crippen LogP contribution is -3.00. The minimum absolute atomic E-state index is 0. The van der Waals surface area contributed by atoms with Gasteiger partial charge in [0.05, 0.1) is 12.3 Å². The Balaban J connectivity index is 0.00000225. The molecule has 0 fully saturated rings. The minimum Gasteiger partial charge on any atom is -1.00 e. The van der Waals surface area contributed by atoms with E-state index in [1.165, 1.54) is 15.9 Å². The first-order valence-corrected chi connectivity index (χ1v) is 10.3. The maximum Gasteiger partial charge on any atom is 0.114 e. The van der Waals surface area contributed by atoms with Crippen molar-refractivity contribution >= 4 is 23.2 Å². The number of hydrogen-bond acceptors (Lipinski definition) is 1. The molecule has 0 N–H and O–H groups in total. The Morgan fingerprint density at radius 2 is 1.00 bits per heavy atom. The highest BCUT2D eigenvalue weighted by molar-refractivity contribution is 7.95. The van der Waals surface area contributed by atoms with E-state index in [0.717, 1.165) is 6.16 Å². The maximum atomic E-state index is 5.70. The second-order valence-corrected chi connectivity index (χ2v) is 9.58. The van der Waals surface area contributed by atoms with Crippen molar-refractivity contribution in [1.82, 2.24) is 0 Å². The van der Waals surface area contributed by atoms with Crippen LogP contribution in [0.5, 0.6) is 0 Å². The van der Waals surface area contributed by atoms with Crippen LogP contribution in [0, 0.1) is 0 Å². The first-order valence-electron chi connectivity index (χ1n) is 8.35. The van der Waals surface area contributed by atoms with Crippen molar-refractivity contribution < 1.29 is 28.7 Å². The molecule has 0 saturated heterocycles. The fourth-order valence-electron chi connectivity index (χ4n) is 3.27. The highest BCUT2D eigenvalue weighted by Crippen LogP contribution is 2.55. The molecule has 3 heteroatoms. The Morgan fingerprint density at radius 1 is 0.680 bits per heavy atom. The SMILES string of the molecule is COC(C)C[P+](c1ccccc1)(c1ccccc1)c1ccccc1.[I-]. The lowest BCUT2D eigenvalue weighted by Gasteiger charge is -2.29. The molecular formula is C22H24IOP. The van der Waals surface area contributed by atoms with Crippen molar-refractivity contribution in [3.63, 3.8) is 0 Å². The van der Waals surface area contributed by atoms with E-state index >= 15 is 0 Å². The van der Waals surface area contributed by atoms with E-state index in [0.29, 0.717) is 0 Å². The molecule has 0 bridgehead atoms. The van der Waals surface area contributed by atoms with E-state index in [-0.39, 0.29) is 30.1 Å². The molecule has 0 aliphatic rings. The molecule has 1 nitrogen and oxygen atoms in total. The number of benzene rings is 3. The summed E-state index contributed by atoms with van der Waals surface area (Å²) in [5.41, 5.74) is 0. The first-order chi connectivity index (χ1) is 11.8. The lowest BCUT2D eigenvalue weighted by molar-refractivity contribution is -0.00000592. The second-order valence-electron chi connectivity index (χ2n) is 6.05. The molecule has 0 aliphatic heterocycles. The van der Waals surface area contributed by atoms with Crippen LogP contribution in [0.3, 0.4) is 0 Å². The zero-order valence-electron chi connectivity index (χ0n) is 14.7. The molecule has 3 rings (SSSR count). The summed E-state index contributed by atoms with van der Waals surface area (Å²) in [6.45, 7) is 2.17. The Kier molecular flexibility index (Phi) is 7.61. The zero-order chi connectivity index (χ0) is 16.8. The highest BCUT2D eigenvalue weighted by atomic mass is 127. The second kappa shape index (κ2) is 9.47. The maximum absolute atomic E-state index is 5.70. The van der Waals surface area contributed by atoms with Gasteiger partial charge in [0.2, 0.25) is 0 Å². The van der Waals surface area contributed by atoms with Crippen LogP contribution in [-0.4, -0.2) is 19.4 Å². The van der Waals surface area contributed by atoms with Crippen molar-refractivity contribution in [1.29, 1.82) is 0 Å². The van der Waals surface area contributed by atoms with Gasteiger partial charge in [0.15, 0.2) is 0 Å². The summed E-state index contributed by atoms with van der Waals surface area (Å²) >= 11 is 0. The quantitative estimate of drug-likeness (QED) is 0.393. The van der Waals surface area contributed by atoms with E-state index in [4.69, 9.17) is 4.74 Å². The van der Waals surface area contributed by atoms with Crippen molar-refractivity contribution in [2.75, 3.05) is 13.3 Å². The van der Waals surface area contributed by atoms with Gasteiger partial charge in [0, 0.05) is 7.11 Å². The molecule has 3 aromatic carbocycles. The van der Waals surface area contributed by atoms with Crippen molar-refractivity contribution in [3.8, 4) is 0 Å². The number of hydrogen-bond donors (Lipinski definition) is 0. The molecular weight excluding hydrogens is 438 g/mol. The topological polar surface area (TPSA) is 9.23 Å². The van der Waals surface area contributed by atoms with Crippen LogP contribution in [0.4, 0.5) is 0 Å². The standard InChI is InChI=1S/C22H24OP.HI/c1-19(23-2)18-24(20-12-6-3-7-13-20,21-14-8-4-9-15-21)22-16-10-5-11-17-22;/h3-17,19H,18H2,1-2H3;1H/q+1;/p-1. The van der Waals surface area contributed by atoms with E-state index < -0.39 is 7.26 Å². The smallest absolute Gasteiger partial charge is 0.114 e. The normalized spacial score (nSPS) is 12.2. The lowest BCUT2D eigenvalue weighted by atomic mass is 10.3.